The minimum Gasteiger partial charge on any atom is -0.399 e. The van der Waals surface area contributed by atoms with Crippen LogP contribution in [0, 0.1) is 0 Å². The zero-order chi connectivity index (χ0) is 11.5. The first-order chi connectivity index (χ1) is 7.66. The zero-order valence-electron chi connectivity index (χ0n) is 11.0. The van der Waals surface area contributed by atoms with Gasteiger partial charge in [-0.05, 0) is 32.0 Å². The molecule has 1 fully saturated rings. The first-order valence-electron chi connectivity index (χ1n) is 6.01. The Morgan fingerprint density at radius 3 is 2.17 bits per heavy atom. The smallest absolute Gasteiger partial charge is 0.0387 e. The second kappa shape index (κ2) is 7.72. The first kappa shape index (κ1) is 17.4. The highest BCUT2D eigenvalue weighted by Gasteiger charge is 2.18. The molecule has 1 aromatic carbocycles. The van der Waals surface area contributed by atoms with Crippen LogP contribution in [0.3, 0.4) is 0 Å². The van der Waals surface area contributed by atoms with Crippen LogP contribution in [-0.2, 0) is 0 Å². The molecule has 0 aliphatic carbocycles. The summed E-state index contributed by atoms with van der Waals surface area (Å²) in [5.41, 5.74) is 7.91. The maximum absolute atomic E-state index is 5.80. The molecule has 2 N–H and O–H groups in total. The summed E-state index contributed by atoms with van der Waals surface area (Å²) in [6.45, 7) is 9.01. The van der Waals surface area contributed by atoms with E-state index < -0.39 is 0 Å². The molecule has 0 saturated carbocycles. The van der Waals surface area contributed by atoms with E-state index in [0.29, 0.717) is 6.04 Å². The number of hydrogen-bond acceptors (Lipinski definition) is 3. The minimum absolute atomic E-state index is 0. The highest BCUT2D eigenvalue weighted by atomic mass is 35.5. The van der Waals surface area contributed by atoms with Crippen LogP contribution in [0.15, 0.2) is 24.3 Å². The number of anilines is 2. The van der Waals surface area contributed by atoms with Crippen LogP contribution in [0.1, 0.15) is 13.8 Å². The van der Waals surface area contributed by atoms with Crippen molar-refractivity contribution in [1.29, 1.82) is 0 Å². The van der Waals surface area contributed by atoms with E-state index in [2.05, 4.69) is 35.8 Å². The molecule has 3 nitrogen and oxygen atoms in total. The maximum Gasteiger partial charge on any atom is 0.0387 e. The lowest BCUT2D eigenvalue weighted by Gasteiger charge is -2.38. The molecule has 0 amide bonds. The third-order valence-corrected chi connectivity index (χ3v) is 3.28. The van der Waals surface area contributed by atoms with Crippen LogP contribution in [0.5, 0.6) is 0 Å². The van der Waals surface area contributed by atoms with Crippen LogP contribution < -0.4 is 10.6 Å². The molecule has 0 atom stereocenters. The lowest BCUT2D eigenvalue weighted by atomic mass is 10.2. The molecule has 1 saturated heterocycles. The normalized spacial score (nSPS) is 16.1. The Kier molecular flexibility index (Phi) is 7.45. The number of nitrogens with two attached hydrogens (primary N) is 1. The van der Waals surface area contributed by atoms with Gasteiger partial charge < -0.3 is 10.6 Å². The Hall–Kier alpha value is -0.640. The van der Waals surface area contributed by atoms with Crippen molar-refractivity contribution in [3.05, 3.63) is 24.3 Å². The number of nitrogens with zero attached hydrogens (tertiary/aromatic N) is 2. The Morgan fingerprint density at radius 1 is 1.06 bits per heavy atom. The summed E-state index contributed by atoms with van der Waals surface area (Å²) in [5, 5.41) is 0. The SMILES string of the molecule is CC(C)N1CCN(c2cccc(N)c2)CC1.Cl.Cl. The summed E-state index contributed by atoms with van der Waals surface area (Å²) >= 11 is 0. The first-order valence-corrected chi connectivity index (χ1v) is 6.01. The van der Waals surface area contributed by atoms with Crippen LogP contribution in [0.25, 0.3) is 0 Å². The van der Waals surface area contributed by atoms with Gasteiger partial charge in [0, 0.05) is 43.6 Å². The number of rotatable bonds is 2. The maximum atomic E-state index is 5.80. The minimum atomic E-state index is 0. The Bertz CT molecular complexity index is 350. The van der Waals surface area contributed by atoms with Crippen LogP contribution in [-0.4, -0.2) is 37.1 Å². The van der Waals surface area contributed by atoms with E-state index >= 15 is 0 Å². The van der Waals surface area contributed by atoms with Crippen LogP contribution >= 0.6 is 24.8 Å². The number of hydrogen-bond donors (Lipinski definition) is 1. The van der Waals surface area contributed by atoms with Gasteiger partial charge in [0.15, 0.2) is 0 Å². The molecule has 104 valence electrons. The van der Waals surface area contributed by atoms with Gasteiger partial charge in [-0.15, -0.1) is 24.8 Å². The standard InChI is InChI=1S/C13H21N3.2ClH/c1-11(2)15-6-8-16(9-7-15)13-5-3-4-12(14)10-13;;/h3-5,10-11H,6-9,14H2,1-2H3;2*1H. The lowest BCUT2D eigenvalue weighted by Crippen LogP contribution is -2.48. The predicted octanol–water partition coefficient (Wildman–Crippen LogP) is 2.64. The second-order valence-electron chi connectivity index (χ2n) is 4.71. The van der Waals surface area contributed by atoms with Crippen LogP contribution in [0.2, 0.25) is 0 Å². The van der Waals surface area contributed by atoms with Crippen molar-refractivity contribution in [1.82, 2.24) is 4.90 Å². The monoisotopic (exact) mass is 291 g/mol. The quantitative estimate of drug-likeness (QED) is 0.851. The molecule has 1 heterocycles. The zero-order valence-corrected chi connectivity index (χ0v) is 12.6. The molecule has 0 radical (unpaired) electrons. The van der Waals surface area contributed by atoms with E-state index in [-0.39, 0.29) is 24.8 Å². The van der Waals surface area contributed by atoms with E-state index in [4.69, 9.17) is 5.73 Å². The van der Waals surface area contributed by atoms with Gasteiger partial charge in [-0.25, -0.2) is 0 Å². The molecular formula is C13H23Cl2N3. The second-order valence-corrected chi connectivity index (χ2v) is 4.71. The van der Waals surface area contributed by atoms with Crippen molar-refractivity contribution >= 4 is 36.2 Å². The third-order valence-electron chi connectivity index (χ3n) is 3.28. The summed E-state index contributed by atoms with van der Waals surface area (Å²) in [4.78, 5) is 4.93. The largest absolute Gasteiger partial charge is 0.399 e. The van der Waals surface area contributed by atoms with E-state index in [0.717, 1.165) is 31.9 Å². The highest BCUT2D eigenvalue weighted by Crippen LogP contribution is 2.19. The third kappa shape index (κ3) is 4.23. The fraction of sp³-hybridized carbons (Fsp3) is 0.538. The number of benzene rings is 1. The molecule has 5 heteroatoms. The lowest BCUT2D eigenvalue weighted by molar-refractivity contribution is 0.209. The van der Waals surface area contributed by atoms with E-state index in [1.54, 1.807) is 0 Å². The van der Waals surface area contributed by atoms with Crippen molar-refractivity contribution in [3.8, 4) is 0 Å². The van der Waals surface area contributed by atoms with Gasteiger partial charge >= 0.3 is 0 Å². The summed E-state index contributed by atoms with van der Waals surface area (Å²) < 4.78 is 0. The van der Waals surface area contributed by atoms with Gasteiger partial charge in [0.1, 0.15) is 0 Å². The molecule has 1 aromatic rings. The molecule has 0 unspecified atom stereocenters. The molecular weight excluding hydrogens is 269 g/mol. The fourth-order valence-electron chi connectivity index (χ4n) is 2.22. The van der Waals surface area contributed by atoms with E-state index in [1.165, 1.54) is 5.69 Å². The summed E-state index contributed by atoms with van der Waals surface area (Å²) in [6.07, 6.45) is 0. The topological polar surface area (TPSA) is 32.5 Å². The fourth-order valence-corrected chi connectivity index (χ4v) is 2.22. The molecule has 0 bridgehead atoms. The summed E-state index contributed by atoms with van der Waals surface area (Å²) in [6, 6.07) is 8.82. The highest BCUT2D eigenvalue weighted by molar-refractivity contribution is 5.85. The number of halogens is 2. The van der Waals surface area contributed by atoms with E-state index in [9.17, 15) is 0 Å². The Morgan fingerprint density at radius 2 is 1.67 bits per heavy atom. The van der Waals surface area contributed by atoms with Crippen molar-refractivity contribution < 1.29 is 0 Å². The Labute approximate surface area is 122 Å². The van der Waals surface area contributed by atoms with Gasteiger partial charge in [0.2, 0.25) is 0 Å². The van der Waals surface area contributed by atoms with Crippen molar-refractivity contribution in [2.24, 2.45) is 0 Å². The molecule has 1 aliphatic rings. The molecule has 1 aliphatic heterocycles. The van der Waals surface area contributed by atoms with Gasteiger partial charge in [-0.3, -0.25) is 4.90 Å². The van der Waals surface area contributed by atoms with Gasteiger partial charge in [-0.2, -0.15) is 0 Å². The molecule has 2 rings (SSSR count). The van der Waals surface area contributed by atoms with Crippen molar-refractivity contribution in [2.45, 2.75) is 19.9 Å². The van der Waals surface area contributed by atoms with Gasteiger partial charge in [0.25, 0.3) is 0 Å². The van der Waals surface area contributed by atoms with E-state index in [1.807, 2.05) is 12.1 Å². The average Bonchev–Trinajstić information content (AvgIpc) is 2.29. The summed E-state index contributed by atoms with van der Waals surface area (Å²) in [7, 11) is 0. The van der Waals surface area contributed by atoms with Crippen LogP contribution in [0.4, 0.5) is 11.4 Å². The predicted molar refractivity (Wildman–Crippen MR) is 84.3 cm³/mol. The average molecular weight is 292 g/mol. The molecule has 18 heavy (non-hydrogen) atoms. The van der Waals surface area contributed by atoms with Gasteiger partial charge in [0.05, 0.1) is 0 Å². The molecule has 0 spiro atoms. The summed E-state index contributed by atoms with van der Waals surface area (Å²) in [5.74, 6) is 0. The number of piperazine rings is 1. The molecule has 0 aromatic heterocycles. The number of nitrogen functional groups attached to an aromatic ring is 1. The van der Waals surface area contributed by atoms with Gasteiger partial charge in [-0.1, -0.05) is 6.07 Å². The van der Waals surface area contributed by atoms with Crippen molar-refractivity contribution in [2.75, 3.05) is 36.8 Å². The van der Waals surface area contributed by atoms with Crippen molar-refractivity contribution in [3.63, 3.8) is 0 Å². The Balaban J connectivity index is 0.00000144.